The first-order valence-electron chi connectivity index (χ1n) is 11.7. The molecule has 2 rings (SSSR count). The lowest BCUT2D eigenvalue weighted by Crippen LogP contribution is -2.42. The van der Waals surface area contributed by atoms with E-state index >= 15 is 8.78 Å². The van der Waals surface area contributed by atoms with E-state index in [1.54, 1.807) is 0 Å². The zero-order valence-electron chi connectivity index (χ0n) is 21.4. The van der Waals surface area contributed by atoms with E-state index in [0.717, 1.165) is 10.8 Å². The van der Waals surface area contributed by atoms with Gasteiger partial charge in [-0.15, -0.1) is 0 Å². The van der Waals surface area contributed by atoms with Crippen molar-refractivity contribution in [3.8, 4) is 0 Å². The second kappa shape index (κ2) is 13.2. The van der Waals surface area contributed by atoms with Gasteiger partial charge in [-0.3, -0.25) is 23.7 Å². The predicted molar refractivity (Wildman–Crippen MR) is 128 cm³/mol. The largest absolute Gasteiger partial charge is 0.399 e. The smallest absolute Gasteiger partial charge is 0.388 e. The van der Waals surface area contributed by atoms with E-state index in [1.807, 2.05) is 19.0 Å². The molecule has 0 aromatic carbocycles. The number of aromatic nitrogens is 2. The summed E-state index contributed by atoms with van der Waals surface area (Å²) in [4.78, 5) is 40.4. The molecule has 1 aromatic heterocycles. The standard InChI is InChI=1S/C21H35F2N4O9P/c1-6-34-37(32,35-7-2)21(22,23)10-14-16(29)17(33-12-15(28)24-8-9-26(4)5)19(36-14)27-11-13(3)18(30)25-20(27)31/h11,14,16-17,19,29H,6-10,12H2,1-5H3,(H,24,28)(H,25,30,31)/t14-,16-,17-,19?/m1/s1. The molecule has 1 fully saturated rings. The van der Waals surface area contributed by atoms with Crippen LogP contribution in [0.4, 0.5) is 8.78 Å². The Morgan fingerprint density at radius 1 is 1.30 bits per heavy atom. The fraction of sp³-hybridized carbons (Fsp3) is 0.762. The molecule has 212 valence electrons. The Kier molecular flexibility index (Phi) is 11.1. The number of carbonyl (C=O) groups excluding carboxylic acids is 1. The summed E-state index contributed by atoms with van der Waals surface area (Å²) in [5.74, 6) is -0.552. The van der Waals surface area contributed by atoms with E-state index in [4.69, 9.17) is 18.5 Å². The zero-order chi connectivity index (χ0) is 28.0. The van der Waals surface area contributed by atoms with E-state index in [2.05, 4.69) is 10.3 Å². The number of aromatic amines is 1. The average Bonchev–Trinajstić information content (AvgIpc) is 3.09. The van der Waals surface area contributed by atoms with Crippen LogP contribution in [-0.4, -0.2) is 96.4 Å². The first-order valence-corrected chi connectivity index (χ1v) is 13.3. The van der Waals surface area contributed by atoms with Gasteiger partial charge in [0.15, 0.2) is 6.23 Å². The van der Waals surface area contributed by atoms with Crippen LogP contribution in [0.2, 0.25) is 0 Å². The monoisotopic (exact) mass is 556 g/mol. The van der Waals surface area contributed by atoms with E-state index in [-0.39, 0.29) is 18.8 Å². The number of likely N-dealkylation sites (N-methyl/N-ethyl adjacent to an activating group) is 1. The maximum absolute atomic E-state index is 15.1. The van der Waals surface area contributed by atoms with Crippen LogP contribution in [0.15, 0.2) is 15.8 Å². The number of amides is 1. The number of aliphatic hydroxyl groups excluding tert-OH is 1. The van der Waals surface area contributed by atoms with Crippen LogP contribution in [-0.2, 0) is 27.9 Å². The molecule has 0 radical (unpaired) electrons. The highest BCUT2D eigenvalue weighted by Gasteiger charge is 2.58. The Balaban J connectivity index is 2.32. The molecule has 1 saturated heterocycles. The molecule has 1 amide bonds. The number of nitrogens with zero attached hydrogens (tertiary/aromatic N) is 2. The second-order valence-electron chi connectivity index (χ2n) is 8.67. The Morgan fingerprint density at radius 2 is 1.92 bits per heavy atom. The van der Waals surface area contributed by atoms with Crippen molar-refractivity contribution in [2.75, 3.05) is 47.0 Å². The van der Waals surface area contributed by atoms with Crippen molar-refractivity contribution in [2.24, 2.45) is 0 Å². The normalized spacial score (nSPS) is 22.5. The quantitative estimate of drug-likeness (QED) is 0.274. The number of aliphatic hydroxyl groups is 1. The molecule has 1 aliphatic rings. The first kappa shape index (κ1) is 31.2. The summed E-state index contributed by atoms with van der Waals surface area (Å²) < 4.78 is 64.5. The molecule has 0 bridgehead atoms. The molecule has 1 aliphatic heterocycles. The molecular formula is C21H35F2N4O9P. The summed E-state index contributed by atoms with van der Waals surface area (Å²) in [6.45, 7) is 3.79. The second-order valence-corrected chi connectivity index (χ2v) is 10.8. The summed E-state index contributed by atoms with van der Waals surface area (Å²) in [5, 5.41) is 13.5. The van der Waals surface area contributed by atoms with E-state index < -0.39 is 68.0 Å². The lowest BCUT2D eigenvalue weighted by atomic mass is 10.1. The highest BCUT2D eigenvalue weighted by molar-refractivity contribution is 7.55. The molecule has 0 aliphatic carbocycles. The molecule has 1 aromatic rings. The van der Waals surface area contributed by atoms with Crippen molar-refractivity contribution in [2.45, 2.75) is 57.4 Å². The van der Waals surface area contributed by atoms with Gasteiger partial charge in [0.25, 0.3) is 5.56 Å². The highest BCUT2D eigenvalue weighted by atomic mass is 31.2. The van der Waals surface area contributed by atoms with E-state index in [0.29, 0.717) is 13.1 Å². The fourth-order valence-electron chi connectivity index (χ4n) is 3.63. The number of ether oxygens (including phenoxy) is 2. The highest BCUT2D eigenvalue weighted by Crippen LogP contribution is 2.64. The van der Waals surface area contributed by atoms with Crippen LogP contribution in [0.1, 0.15) is 32.1 Å². The van der Waals surface area contributed by atoms with Gasteiger partial charge in [-0.05, 0) is 34.9 Å². The van der Waals surface area contributed by atoms with Gasteiger partial charge in [0.2, 0.25) is 5.91 Å². The topological polar surface area (TPSA) is 161 Å². The molecule has 16 heteroatoms. The lowest BCUT2D eigenvalue weighted by Gasteiger charge is -2.28. The summed E-state index contributed by atoms with van der Waals surface area (Å²) in [6, 6.07) is 0. The van der Waals surface area contributed by atoms with Gasteiger partial charge in [0.1, 0.15) is 18.8 Å². The fourth-order valence-corrected chi connectivity index (χ4v) is 5.16. The van der Waals surface area contributed by atoms with Gasteiger partial charge in [0.05, 0.1) is 25.7 Å². The van der Waals surface area contributed by atoms with Crippen molar-refractivity contribution in [3.63, 3.8) is 0 Å². The van der Waals surface area contributed by atoms with E-state index in [9.17, 15) is 24.1 Å². The summed E-state index contributed by atoms with van der Waals surface area (Å²) >= 11 is 0. The molecule has 13 nitrogen and oxygen atoms in total. The molecule has 0 saturated carbocycles. The van der Waals surface area contributed by atoms with Crippen LogP contribution in [0, 0.1) is 6.92 Å². The SMILES string of the molecule is CCOP(=O)(OCC)C(F)(F)C[C@H]1OC(n2cc(C)c(=O)[nH]c2=O)[C@H](OCC(=O)NCCN(C)C)[C@@H]1O. The van der Waals surface area contributed by atoms with Crippen LogP contribution in [0.3, 0.4) is 0 Å². The number of hydrogen-bond donors (Lipinski definition) is 3. The zero-order valence-corrected chi connectivity index (χ0v) is 22.3. The summed E-state index contributed by atoms with van der Waals surface area (Å²) in [7, 11) is -1.31. The van der Waals surface area contributed by atoms with Crippen LogP contribution in [0.5, 0.6) is 0 Å². The molecule has 3 N–H and O–H groups in total. The van der Waals surface area contributed by atoms with Crippen molar-refractivity contribution in [3.05, 3.63) is 32.6 Å². The predicted octanol–water partition coefficient (Wildman–Crippen LogP) is 0.415. The van der Waals surface area contributed by atoms with Crippen molar-refractivity contribution < 1.29 is 41.8 Å². The van der Waals surface area contributed by atoms with Crippen molar-refractivity contribution in [1.29, 1.82) is 0 Å². The maximum Gasteiger partial charge on any atom is 0.399 e. The van der Waals surface area contributed by atoms with Gasteiger partial charge < -0.3 is 33.8 Å². The lowest BCUT2D eigenvalue weighted by molar-refractivity contribution is -0.133. The van der Waals surface area contributed by atoms with Crippen molar-refractivity contribution >= 4 is 13.5 Å². The molecule has 1 unspecified atom stereocenters. The minimum Gasteiger partial charge on any atom is -0.388 e. The Bertz CT molecular complexity index is 1070. The molecular weight excluding hydrogens is 521 g/mol. The van der Waals surface area contributed by atoms with Crippen molar-refractivity contribution in [1.82, 2.24) is 19.8 Å². The van der Waals surface area contributed by atoms with Gasteiger partial charge in [-0.2, -0.15) is 8.78 Å². The van der Waals surface area contributed by atoms with Gasteiger partial charge in [-0.25, -0.2) is 4.79 Å². The number of aryl methyl sites for hydroxylation is 1. The first-order chi connectivity index (χ1) is 17.3. The summed E-state index contributed by atoms with van der Waals surface area (Å²) in [5.41, 5.74) is -5.59. The number of hydrogen-bond acceptors (Lipinski definition) is 10. The van der Waals surface area contributed by atoms with Gasteiger partial charge >= 0.3 is 18.9 Å². The van der Waals surface area contributed by atoms with Crippen LogP contribution < -0.4 is 16.6 Å². The number of alkyl halides is 2. The van der Waals surface area contributed by atoms with Gasteiger partial charge in [0, 0.05) is 24.8 Å². The maximum atomic E-state index is 15.1. The number of rotatable bonds is 14. The molecule has 4 atom stereocenters. The Morgan fingerprint density at radius 3 is 2.49 bits per heavy atom. The average molecular weight is 557 g/mol. The van der Waals surface area contributed by atoms with Crippen LogP contribution in [0.25, 0.3) is 0 Å². The molecule has 2 heterocycles. The number of nitrogens with one attached hydrogen (secondary N) is 2. The number of halogens is 2. The Hall–Kier alpha value is -2.00. The third kappa shape index (κ3) is 7.76. The Labute approximate surface area is 212 Å². The molecule has 37 heavy (non-hydrogen) atoms. The van der Waals surface area contributed by atoms with Gasteiger partial charge in [-0.1, -0.05) is 0 Å². The third-order valence-corrected chi connectivity index (χ3v) is 7.65. The summed E-state index contributed by atoms with van der Waals surface area (Å²) in [6.07, 6.45) is -6.61. The number of carbonyl (C=O) groups is 1. The van der Waals surface area contributed by atoms with E-state index in [1.165, 1.54) is 20.8 Å². The third-order valence-electron chi connectivity index (χ3n) is 5.47. The van der Waals surface area contributed by atoms with Crippen LogP contribution >= 0.6 is 7.60 Å². The number of H-pyrrole nitrogens is 1. The minimum atomic E-state index is -4.94. The minimum absolute atomic E-state index is 0.101. The molecule has 0 spiro atoms.